The predicted octanol–water partition coefficient (Wildman–Crippen LogP) is 6.27. The standard InChI is InChI=1S/C29H34O2/c1-28(2)14-15-29(3,4)27-18-23(12-13-26(27)28)25-17-21(20-8-6-5-7-9-20)10-11-22(25)16-24(31)19-30/h5-13,17-18,24,30-31H,14-16,19H2,1-4H3. The minimum absolute atomic E-state index is 0.142. The molecule has 0 aromatic heterocycles. The van der Waals surface area contributed by atoms with Crippen molar-refractivity contribution >= 4 is 0 Å². The lowest BCUT2D eigenvalue weighted by Crippen LogP contribution is -2.33. The number of hydrogen-bond donors (Lipinski definition) is 2. The van der Waals surface area contributed by atoms with Gasteiger partial charge in [-0.3, -0.25) is 0 Å². The molecule has 1 unspecified atom stereocenters. The summed E-state index contributed by atoms with van der Waals surface area (Å²) in [6.07, 6.45) is 2.06. The zero-order valence-corrected chi connectivity index (χ0v) is 19.2. The first kappa shape index (κ1) is 21.8. The third-order valence-electron chi connectivity index (χ3n) is 7.05. The molecule has 31 heavy (non-hydrogen) atoms. The second-order valence-electron chi connectivity index (χ2n) is 10.3. The van der Waals surface area contributed by atoms with E-state index >= 15 is 0 Å². The zero-order valence-electron chi connectivity index (χ0n) is 19.2. The Kier molecular flexibility index (Phi) is 5.81. The van der Waals surface area contributed by atoms with Crippen LogP contribution in [0.2, 0.25) is 0 Å². The van der Waals surface area contributed by atoms with E-state index in [1.807, 2.05) is 6.07 Å². The van der Waals surface area contributed by atoms with Gasteiger partial charge in [0.05, 0.1) is 12.7 Å². The maximum Gasteiger partial charge on any atom is 0.0811 e. The maximum atomic E-state index is 10.2. The van der Waals surface area contributed by atoms with E-state index in [1.165, 1.54) is 35.1 Å². The van der Waals surface area contributed by atoms with E-state index in [2.05, 4.69) is 88.4 Å². The molecule has 0 radical (unpaired) electrons. The van der Waals surface area contributed by atoms with Gasteiger partial charge in [-0.1, -0.05) is 88.4 Å². The number of fused-ring (bicyclic) bond motifs is 1. The van der Waals surface area contributed by atoms with Gasteiger partial charge in [0.15, 0.2) is 0 Å². The molecule has 0 amide bonds. The molecule has 3 aromatic rings. The quantitative estimate of drug-likeness (QED) is 0.517. The maximum absolute atomic E-state index is 10.2. The van der Waals surface area contributed by atoms with Crippen LogP contribution in [0.4, 0.5) is 0 Å². The molecule has 3 aromatic carbocycles. The Labute approximate surface area is 186 Å². The fraction of sp³-hybridized carbons (Fsp3) is 0.379. The number of benzene rings is 3. The van der Waals surface area contributed by atoms with Crippen LogP contribution in [0.1, 0.15) is 57.2 Å². The van der Waals surface area contributed by atoms with Gasteiger partial charge in [-0.2, -0.15) is 0 Å². The van der Waals surface area contributed by atoms with Crippen LogP contribution in [0.25, 0.3) is 22.3 Å². The Bertz CT molecular complexity index is 1060. The van der Waals surface area contributed by atoms with Crippen LogP contribution in [-0.2, 0) is 17.3 Å². The molecule has 2 N–H and O–H groups in total. The normalized spacial score (nSPS) is 17.7. The third-order valence-corrected chi connectivity index (χ3v) is 7.05. The summed E-state index contributed by atoms with van der Waals surface area (Å²) in [5.41, 5.74) is 8.93. The van der Waals surface area contributed by atoms with Crippen molar-refractivity contribution < 1.29 is 10.2 Å². The van der Waals surface area contributed by atoms with Gasteiger partial charge in [0, 0.05) is 6.42 Å². The van der Waals surface area contributed by atoms with E-state index in [9.17, 15) is 10.2 Å². The van der Waals surface area contributed by atoms with Crippen molar-refractivity contribution in [1.82, 2.24) is 0 Å². The first-order valence-corrected chi connectivity index (χ1v) is 11.3. The molecule has 1 aliphatic rings. The average molecular weight is 415 g/mol. The number of aliphatic hydroxyl groups is 2. The largest absolute Gasteiger partial charge is 0.394 e. The van der Waals surface area contributed by atoms with E-state index in [0.29, 0.717) is 6.42 Å². The minimum Gasteiger partial charge on any atom is -0.394 e. The van der Waals surface area contributed by atoms with Crippen LogP contribution in [0.15, 0.2) is 66.7 Å². The van der Waals surface area contributed by atoms with Crippen molar-refractivity contribution in [3.8, 4) is 22.3 Å². The number of hydrogen-bond acceptors (Lipinski definition) is 2. The summed E-state index contributed by atoms with van der Waals surface area (Å²) in [6, 6.07) is 23.8. The van der Waals surface area contributed by atoms with Crippen LogP contribution in [0.5, 0.6) is 0 Å². The van der Waals surface area contributed by atoms with Gasteiger partial charge in [0.2, 0.25) is 0 Å². The highest BCUT2D eigenvalue weighted by atomic mass is 16.3. The Morgan fingerprint density at radius 2 is 1.39 bits per heavy atom. The Hall–Kier alpha value is -2.42. The van der Waals surface area contributed by atoms with Crippen LogP contribution in [0.3, 0.4) is 0 Å². The molecular formula is C29H34O2. The van der Waals surface area contributed by atoms with Crippen molar-refractivity contribution in [3.05, 3.63) is 83.4 Å². The van der Waals surface area contributed by atoms with Crippen molar-refractivity contribution in [3.63, 3.8) is 0 Å². The van der Waals surface area contributed by atoms with Gasteiger partial charge in [0.25, 0.3) is 0 Å². The van der Waals surface area contributed by atoms with Crippen LogP contribution in [0, 0.1) is 0 Å². The molecule has 1 atom stereocenters. The minimum atomic E-state index is -0.755. The fourth-order valence-corrected chi connectivity index (χ4v) is 4.91. The Morgan fingerprint density at radius 3 is 2.06 bits per heavy atom. The van der Waals surface area contributed by atoms with E-state index in [1.54, 1.807) is 0 Å². The lowest BCUT2D eigenvalue weighted by molar-refractivity contribution is 0.0956. The summed E-state index contributed by atoms with van der Waals surface area (Å²) in [6.45, 7) is 9.16. The van der Waals surface area contributed by atoms with Crippen LogP contribution >= 0.6 is 0 Å². The van der Waals surface area contributed by atoms with E-state index in [0.717, 1.165) is 16.7 Å². The van der Waals surface area contributed by atoms with Crippen molar-refractivity contribution in [2.24, 2.45) is 0 Å². The average Bonchev–Trinajstić information content (AvgIpc) is 2.77. The molecule has 0 fully saturated rings. The van der Waals surface area contributed by atoms with E-state index in [4.69, 9.17) is 0 Å². The Balaban J connectivity index is 1.87. The summed E-state index contributed by atoms with van der Waals surface area (Å²) in [4.78, 5) is 0. The van der Waals surface area contributed by atoms with Crippen molar-refractivity contribution in [2.75, 3.05) is 6.61 Å². The van der Waals surface area contributed by atoms with Crippen LogP contribution < -0.4 is 0 Å². The summed E-state index contributed by atoms with van der Waals surface area (Å²) in [7, 11) is 0. The monoisotopic (exact) mass is 414 g/mol. The highest BCUT2D eigenvalue weighted by molar-refractivity contribution is 5.76. The highest BCUT2D eigenvalue weighted by Gasteiger charge is 2.37. The summed E-state index contributed by atoms with van der Waals surface area (Å²) >= 11 is 0. The molecular weight excluding hydrogens is 380 g/mol. The van der Waals surface area contributed by atoms with Crippen molar-refractivity contribution in [1.29, 1.82) is 0 Å². The summed E-state index contributed by atoms with van der Waals surface area (Å²) < 4.78 is 0. The molecule has 1 aliphatic carbocycles. The van der Waals surface area contributed by atoms with Gasteiger partial charge in [-0.25, -0.2) is 0 Å². The molecule has 0 spiro atoms. The first-order chi connectivity index (χ1) is 14.7. The first-order valence-electron chi connectivity index (χ1n) is 11.3. The van der Waals surface area contributed by atoms with E-state index in [-0.39, 0.29) is 17.4 Å². The van der Waals surface area contributed by atoms with Gasteiger partial charge in [-0.05, 0) is 68.7 Å². The van der Waals surface area contributed by atoms with Crippen LogP contribution in [-0.4, -0.2) is 22.9 Å². The molecule has 0 bridgehead atoms. The predicted molar refractivity (Wildman–Crippen MR) is 129 cm³/mol. The highest BCUT2D eigenvalue weighted by Crippen LogP contribution is 2.47. The summed E-state index contributed by atoms with van der Waals surface area (Å²) in [5, 5.41) is 19.6. The molecule has 0 saturated carbocycles. The molecule has 0 aliphatic heterocycles. The van der Waals surface area contributed by atoms with Gasteiger partial charge < -0.3 is 10.2 Å². The topological polar surface area (TPSA) is 40.5 Å². The van der Waals surface area contributed by atoms with Gasteiger partial charge >= 0.3 is 0 Å². The molecule has 0 heterocycles. The van der Waals surface area contributed by atoms with Gasteiger partial charge in [0.1, 0.15) is 0 Å². The Morgan fingerprint density at radius 1 is 0.742 bits per heavy atom. The number of rotatable bonds is 5. The van der Waals surface area contributed by atoms with Gasteiger partial charge in [-0.15, -0.1) is 0 Å². The molecule has 2 nitrogen and oxygen atoms in total. The second kappa shape index (κ2) is 8.26. The third kappa shape index (κ3) is 4.33. The van der Waals surface area contributed by atoms with E-state index < -0.39 is 6.10 Å². The van der Waals surface area contributed by atoms with Crippen molar-refractivity contribution in [2.45, 2.75) is 63.9 Å². The SMILES string of the molecule is CC1(C)CCC(C)(C)c2cc(-c3cc(-c4ccccc4)ccc3CC(O)CO)ccc21. The smallest absolute Gasteiger partial charge is 0.0811 e. The second-order valence-corrected chi connectivity index (χ2v) is 10.3. The molecule has 2 heteroatoms. The molecule has 0 saturated heterocycles. The zero-order chi connectivity index (χ0) is 22.2. The summed E-state index contributed by atoms with van der Waals surface area (Å²) in [5.74, 6) is 0. The fourth-order valence-electron chi connectivity index (χ4n) is 4.91. The molecule has 162 valence electrons. The number of aliphatic hydroxyl groups excluding tert-OH is 2. The lowest BCUT2D eigenvalue weighted by Gasteiger charge is -2.42. The lowest BCUT2D eigenvalue weighted by atomic mass is 9.63. The molecule has 4 rings (SSSR count).